The van der Waals surface area contributed by atoms with Crippen molar-refractivity contribution < 1.29 is 4.39 Å². The Balaban J connectivity index is 2.30. The van der Waals surface area contributed by atoms with Crippen LogP contribution in [0, 0.1) is 5.82 Å². The molecule has 2 aromatic rings. The highest BCUT2D eigenvalue weighted by Crippen LogP contribution is 2.43. The normalized spacial score (nSPS) is 16.9. The average molecular weight is 275 g/mol. The molecule has 1 heterocycles. The summed E-state index contributed by atoms with van der Waals surface area (Å²) in [7, 11) is 0. The predicted molar refractivity (Wildman–Crippen MR) is 79.3 cm³/mol. The van der Waals surface area contributed by atoms with Crippen LogP contribution in [0.3, 0.4) is 0 Å². The molecule has 0 atom stereocenters. The first kappa shape index (κ1) is 13.6. The first-order valence-corrected chi connectivity index (χ1v) is 7.19. The molecule has 1 saturated carbocycles. The first-order chi connectivity index (χ1) is 9.23. The van der Waals surface area contributed by atoms with Gasteiger partial charge in [-0.25, -0.2) is 9.37 Å². The summed E-state index contributed by atoms with van der Waals surface area (Å²) < 4.78 is 16.2. The summed E-state index contributed by atoms with van der Waals surface area (Å²) in [4.78, 5) is 4.62. The number of benzene rings is 1. The lowest BCUT2D eigenvalue weighted by molar-refractivity contribution is 0.283. The van der Waals surface area contributed by atoms with E-state index in [0.29, 0.717) is 11.6 Å². The average Bonchev–Trinajstić information content (AvgIpc) is 3.08. The second-order valence-electron chi connectivity index (χ2n) is 6.99. The molecular formula is C16H22FN3. The fourth-order valence-corrected chi connectivity index (χ4v) is 2.51. The highest BCUT2D eigenvalue weighted by atomic mass is 19.1. The van der Waals surface area contributed by atoms with Crippen molar-refractivity contribution in [2.75, 3.05) is 0 Å². The van der Waals surface area contributed by atoms with Crippen molar-refractivity contribution in [3.8, 4) is 0 Å². The van der Waals surface area contributed by atoms with Gasteiger partial charge in [0, 0.05) is 17.0 Å². The molecule has 2 N–H and O–H groups in total. The van der Waals surface area contributed by atoms with E-state index in [1.54, 1.807) is 6.07 Å². The molecule has 1 aromatic heterocycles. The van der Waals surface area contributed by atoms with Crippen LogP contribution in [0.15, 0.2) is 18.2 Å². The summed E-state index contributed by atoms with van der Waals surface area (Å²) in [5.41, 5.74) is 6.94. The maximum absolute atomic E-state index is 14.0. The van der Waals surface area contributed by atoms with Crippen molar-refractivity contribution in [2.24, 2.45) is 5.73 Å². The van der Waals surface area contributed by atoms with E-state index < -0.39 is 5.54 Å². The van der Waals surface area contributed by atoms with Crippen LogP contribution in [0.4, 0.5) is 4.39 Å². The number of para-hydroxylation sites is 1. The maximum Gasteiger partial charge on any atom is 0.151 e. The van der Waals surface area contributed by atoms with E-state index in [9.17, 15) is 4.39 Å². The second kappa shape index (κ2) is 4.04. The molecule has 1 aliphatic carbocycles. The van der Waals surface area contributed by atoms with Crippen molar-refractivity contribution in [3.63, 3.8) is 0 Å². The standard InChI is InChI=1S/C16H22FN3/c1-15(2,16(3,4)18)14-19-13-11(17)6-5-7-12(13)20(14)10-8-9-10/h5-7,10H,8-9,18H2,1-4H3. The molecule has 3 rings (SSSR count). The van der Waals surface area contributed by atoms with Crippen molar-refractivity contribution >= 4 is 11.0 Å². The van der Waals surface area contributed by atoms with E-state index in [1.807, 2.05) is 19.9 Å². The molecule has 4 heteroatoms. The van der Waals surface area contributed by atoms with Gasteiger partial charge in [0.2, 0.25) is 0 Å². The van der Waals surface area contributed by atoms with Crippen LogP contribution < -0.4 is 5.73 Å². The summed E-state index contributed by atoms with van der Waals surface area (Å²) in [6.07, 6.45) is 2.27. The number of fused-ring (bicyclic) bond motifs is 1. The van der Waals surface area contributed by atoms with Crippen LogP contribution in [0.25, 0.3) is 11.0 Å². The molecule has 20 heavy (non-hydrogen) atoms. The zero-order valence-corrected chi connectivity index (χ0v) is 12.6. The van der Waals surface area contributed by atoms with Crippen LogP contribution in [0.2, 0.25) is 0 Å². The predicted octanol–water partition coefficient (Wildman–Crippen LogP) is 3.53. The van der Waals surface area contributed by atoms with Crippen LogP contribution in [0.5, 0.6) is 0 Å². The van der Waals surface area contributed by atoms with Gasteiger partial charge in [-0.05, 0) is 38.8 Å². The lowest BCUT2D eigenvalue weighted by Crippen LogP contribution is -2.51. The Morgan fingerprint density at radius 2 is 1.90 bits per heavy atom. The monoisotopic (exact) mass is 275 g/mol. The molecule has 1 aliphatic rings. The number of halogens is 1. The van der Waals surface area contributed by atoms with Crippen LogP contribution >= 0.6 is 0 Å². The van der Waals surface area contributed by atoms with Crippen molar-refractivity contribution in [3.05, 3.63) is 29.8 Å². The molecular weight excluding hydrogens is 253 g/mol. The van der Waals surface area contributed by atoms with Crippen molar-refractivity contribution in [1.29, 1.82) is 0 Å². The van der Waals surface area contributed by atoms with E-state index >= 15 is 0 Å². The van der Waals surface area contributed by atoms with Gasteiger partial charge in [0.05, 0.1) is 5.52 Å². The summed E-state index contributed by atoms with van der Waals surface area (Å²) in [6.45, 7) is 8.18. The second-order valence-corrected chi connectivity index (χ2v) is 6.99. The number of imidazole rings is 1. The minimum Gasteiger partial charge on any atom is -0.325 e. The molecule has 0 unspecified atom stereocenters. The quantitative estimate of drug-likeness (QED) is 0.931. The van der Waals surface area contributed by atoms with Gasteiger partial charge in [0.15, 0.2) is 5.82 Å². The Morgan fingerprint density at radius 1 is 1.25 bits per heavy atom. The molecule has 3 nitrogen and oxygen atoms in total. The highest BCUT2D eigenvalue weighted by molar-refractivity contribution is 5.77. The molecule has 108 valence electrons. The largest absolute Gasteiger partial charge is 0.325 e. The maximum atomic E-state index is 14.0. The number of rotatable bonds is 3. The summed E-state index contributed by atoms with van der Waals surface area (Å²) in [5, 5.41) is 0. The van der Waals surface area contributed by atoms with Crippen LogP contribution in [-0.4, -0.2) is 15.1 Å². The minimum absolute atomic E-state index is 0.256. The van der Waals surface area contributed by atoms with E-state index in [1.165, 1.54) is 6.07 Å². The highest BCUT2D eigenvalue weighted by Gasteiger charge is 2.42. The molecule has 0 saturated heterocycles. The lowest BCUT2D eigenvalue weighted by Gasteiger charge is -2.38. The molecule has 1 aromatic carbocycles. The smallest absolute Gasteiger partial charge is 0.151 e. The topological polar surface area (TPSA) is 43.8 Å². The van der Waals surface area contributed by atoms with Gasteiger partial charge in [-0.1, -0.05) is 19.9 Å². The van der Waals surface area contributed by atoms with E-state index in [2.05, 4.69) is 23.4 Å². The van der Waals surface area contributed by atoms with Gasteiger partial charge in [-0.15, -0.1) is 0 Å². The van der Waals surface area contributed by atoms with Gasteiger partial charge >= 0.3 is 0 Å². The van der Waals surface area contributed by atoms with Crippen LogP contribution in [-0.2, 0) is 5.41 Å². The molecule has 0 aliphatic heterocycles. The van der Waals surface area contributed by atoms with Crippen molar-refractivity contribution in [1.82, 2.24) is 9.55 Å². The Morgan fingerprint density at radius 3 is 2.45 bits per heavy atom. The Labute approximate surface area is 119 Å². The van der Waals surface area contributed by atoms with E-state index in [0.717, 1.165) is 24.2 Å². The van der Waals surface area contributed by atoms with Crippen molar-refractivity contribution in [2.45, 2.75) is 57.5 Å². The molecule has 0 amide bonds. The fourth-order valence-electron chi connectivity index (χ4n) is 2.51. The number of hydrogen-bond acceptors (Lipinski definition) is 2. The van der Waals surface area contributed by atoms with E-state index in [-0.39, 0.29) is 11.2 Å². The van der Waals surface area contributed by atoms with Gasteiger partial charge in [-0.3, -0.25) is 0 Å². The molecule has 0 radical (unpaired) electrons. The third kappa shape index (κ3) is 1.85. The molecule has 0 bridgehead atoms. The molecule has 1 fully saturated rings. The van der Waals surface area contributed by atoms with Gasteiger partial charge < -0.3 is 10.3 Å². The number of nitrogens with two attached hydrogens (primary N) is 1. The lowest BCUT2D eigenvalue weighted by atomic mass is 9.74. The number of nitrogens with zero attached hydrogens (tertiary/aromatic N) is 2. The van der Waals surface area contributed by atoms with Gasteiger partial charge in [-0.2, -0.15) is 0 Å². The zero-order chi connectivity index (χ0) is 14.7. The SMILES string of the molecule is CC(C)(N)C(C)(C)c1nc2c(F)cccc2n1C1CC1. The third-order valence-electron chi connectivity index (χ3n) is 4.75. The number of aromatic nitrogens is 2. The summed E-state index contributed by atoms with van der Waals surface area (Å²) >= 11 is 0. The Bertz CT molecular complexity index is 660. The molecule has 0 spiro atoms. The number of hydrogen-bond donors (Lipinski definition) is 1. The minimum atomic E-state index is -0.433. The van der Waals surface area contributed by atoms with E-state index in [4.69, 9.17) is 5.73 Å². The fraction of sp³-hybridized carbons (Fsp3) is 0.562. The van der Waals surface area contributed by atoms with Crippen LogP contribution in [0.1, 0.15) is 52.4 Å². The zero-order valence-electron chi connectivity index (χ0n) is 12.6. The van der Waals surface area contributed by atoms with Gasteiger partial charge in [0.1, 0.15) is 11.3 Å². The first-order valence-electron chi connectivity index (χ1n) is 7.19. The third-order valence-corrected chi connectivity index (χ3v) is 4.75. The Hall–Kier alpha value is -1.42. The Kier molecular flexibility index (Phi) is 2.74. The van der Waals surface area contributed by atoms with Gasteiger partial charge in [0.25, 0.3) is 0 Å². The summed E-state index contributed by atoms with van der Waals surface area (Å²) in [6, 6.07) is 5.62. The summed E-state index contributed by atoms with van der Waals surface area (Å²) in [5.74, 6) is 0.640.